The fraction of sp³-hybridized carbons (Fsp3) is 0.583. The zero-order valence-corrected chi connectivity index (χ0v) is 11.7. The molecule has 106 valence electrons. The third-order valence-electron chi connectivity index (χ3n) is 3.24. The summed E-state index contributed by atoms with van der Waals surface area (Å²) in [7, 11) is -3.56. The number of nitrogens with zero attached hydrogens (tertiary/aromatic N) is 2. The molecule has 2 rings (SSSR count). The normalized spacial score (nSPS) is 21.3. The Bertz CT molecular complexity index is 516. The molecule has 0 aliphatic carbocycles. The third kappa shape index (κ3) is 3.65. The number of aryl methyl sites for hydroxylation is 1. The molecule has 2 heterocycles. The molecule has 1 aliphatic rings. The largest absolute Gasteiger partial charge is 0.396 e. The fourth-order valence-corrected chi connectivity index (χ4v) is 3.46. The molecule has 1 atom stereocenters. The van der Waals surface area contributed by atoms with Gasteiger partial charge >= 0.3 is 10.2 Å². The highest BCUT2D eigenvalue weighted by atomic mass is 32.2. The number of piperidine rings is 1. The van der Waals surface area contributed by atoms with Crippen LogP contribution in [-0.2, 0) is 10.2 Å². The van der Waals surface area contributed by atoms with Gasteiger partial charge in [-0.2, -0.15) is 12.7 Å². The van der Waals surface area contributed by atoms with Crippen LogP contribution < -0.4 is 4.72 Å². The van der Waals surface area contributed by atoms with Crippen LogP contribution in [0, 0.1) is 12.8 Å². The molecule has 0 saturated carbocycles. The predicted octanol–water partition coefficient (Wildman–Crippen LogP) is 0.751. The van der Waals surface area contributed by atoms with Crippen LogP contribution in [0.2, 0.25) is 0 Å². The smallest absolute Gasteiger partial charge is 0.301 e. The van der Waals surface area contributed by atoms with E-state index >= 15 is 0 Å². The third-order valence-corrected chi connectivity index (χ3v) is 4.74. The van der Waals surface area contributed by atoms with Crippen molar-refractivity contribution in [1.29, 1.82) is 0 Å². The monoisotopic (exact) mass is 285 g/mol. The predicted molar refractivity (Wildman–Crippen MR) is 72.9 cm³/mol. The Balaban J connectivity index is 2.07. The van der Waals surface area contributed by atoms with E-state index in [4.69, 9.17) is 5.11 Å². The molecule has 0 radical (unpaired) electrons. The molecule has 1 unspecified atom stereocenters. The lowest BCUT2D eigenvalue weighted by Gasteiger charge is -2.30. The van der Waals surface area contributed by atoms with E-state index in [1.165, 1.54) is 10.5 Å². The average Bonchev–Trinajstić information content (AvgIpc) is 2.41. The first-order chi connectivity index (χ1) is 9.01. The van der Waals surface area contributed by atoms with Gasteiger partial charge in [-0.05, 0) is 37.8 Å². The highest BCUT2D eigenvalue weighted by Crippen LogP contribution is 2.20. The average molecular weight is 285 g/mol. The van der Waals surface area contributed by atoms with Crippen molar-refractivity contribution in [1.82, 2.24) is 9.29 Å². The summed E-state index contributed by atoms with van der Waals surface area (Å²) >= 11 is 0. The van der Waals surface area contributed by atoms with Crippen LogP contribution in [-0.4, -0.2) is 42.5 Å². The van der Waals surface area contributed by atoms with E-state index in [1.807, 2.05) is 6.92 Å². The zero-order valence-electron chi connectivity index (χ0n) is 10.9. The van der Waals surface area contributed by atoms with Crippen LogP contribution in [0.25, 0.3) is 0 Å². The van der Waals surface area contributed by atoms with Crippen molar-refractivity contribution in [3.8, 4) is 0 Å². The van der Waals surface area contributed by atoms with Gasteiger partial charge in [-0.1, -0.05) is 0 Å². The Labute approximate surface area is 113 Å². The van der Waals surface area contributed by atoms with E-state index in [1.54, 1.807) is 12.1 Å². The second-order valence-corrected chi connectivity index (χ2v) is 6.51. The van der Waals surface area contributed by atoms with Crippen molar-refractivity contribution in [2.24, 2.45) is 5.92 Å². The van der Waals surface area contributed by atoms with Gasteiger partial charge in [0.25, 0.3) is 0 Å². The topological polar surface area (TPSA) is 82.5 Å². The Morgan fingerprint density at radius 2 is 2.32 bits per heavy atom. The first kappa shape index (κ1) is 14.2. The minimum Gasteiger partial charge on any atom is -0.396 e. The minimum absolute atomic E-state index is 0.0259. The summed E-state index contributed by atoms with van der Waals surface area (Å²) in [6.45, 7) is 2.73. The quantitative estimate of drug-likeness (QED) is 0.855. The summed E-state index contributed by atoms with van der Waals surface area (Å²) < 4.78 is 28.3. The zero-order chi connectivity index (χ0) is 13.9. The van der Waals surface area contributed by atoms with Gasteiger partial charge in [0.15, 0.2) is 0 Å². The van der Waals surface area contributed by atoms with Gasteiger partial charge < -0.3 is 5.11 Å². The highest BCUT2D eigenvalue weighted by molar-refractivity contribution is 7.90. The van der Waals surface area contributed by atoms with Gasteiger partial charge in [0.1, 0.15) is 0 Å². The minimum atomic E-state index is -3.56. The molecule has 6 nitrogen and oxygen atoms in total. The summed E-state index contributed by atoms with van der Waals surface area (Å²) in [5.41, 5.74) is 1.29. The van der Waals surface area contributed by atoms with Crippen LogP contribution >= 0.6 is 0 Å². The lowest BCUT2D eigenvalue weighted by atomic mass is 10.0. The number of hydrogen-bond acceptors (Lipinski definition) is 4. The number of aromatic nitrogens is 1. The molecule has 2 N–H and O–H groups in total. The van der Waals surface area contributed by atoms with E-state index in [0.29, 0.717) is 18.8 Å². The maximum absolute atomic E-state index is 12.2. The number of anilines is 1. The molecule has 7 heteroatoms. The second kappa shape index (κ2) is 5.85. The molecular formula is C12H19N3O3S. The number of rotatable bonds is 4. The maximum atomic E-state index is 12.2. The molecular weight excluding hydrogens is 266 g/mol. The second-order valence-electron chi connectivity index (χ2n) is 4.84. The summed E-state index contributed by atoms with van der Waals surface area (Å²) in [5, 5.41) is 9.14. The van der Waals surface area contributed by atoms with Crippen LogP contribution in [0.15, 0.2) is 18.3 Å². The van der Waals surface area contributed by atoms with Crippen molar-refractivity contribution in [2.45, 2.75) is 19.8 Å². The Morgan fingerprint density at radius 3 is 2.95 bits per heavy atom. The van der Waals surface area contributed by atoms with Crippen molar-refractivity contribution < 1.29 is 13.5 Å². The molecule has 1 aromatic rings. The summed E-state index contributed by atoms with van der Waals surface area (Å²) in [6.07, 6.45) is 3.15. The maximum Gasteiger partial charge on any atom is 0.301 e. The molecule has 1 aliphatic heterocycles. The Morgan fingerprint density at radius 1 is 1.53 bits per heavy atom. The van der Waals surface area contributed by atoms with Gasteiger partial charge in [-0.15, -0.1) is 0 Å². The van der Waals surface area contributed by atoms with Gasteiger partial charge in [0.2, 0.25) is 0 Å². The fourth-order valence-electron chi connectivity index (χ4n) is 2.14. The van der Waals surface area contributed by atoms with E-state index < -0.39 is 10.2 Å². The molecule has 0 amide bonds. The van der Waals surface area contributed by atoms with E-state index in [9.17, 15) is 8.42 Å². The molecule has 0 aromatic carbocycles. The van der Waals surface area contributed by atoms with Crippen molar-refractivity contribution in [3.63, 3.8) is 0 Å². The van der Waals surface area contributed by atoms with Crippen LogP contribution in [0.5, 0.6) is 0 Å². The molecule has 1 fully saturated rings. The molecule has 19 heavy (non-hydrogen) atoms. The van der Waals surface area contributed by atoms with E-state index in [2.05, 4.69) is 9.71 Å². The SMILES string of the molecule is Cc1ccc(NS(=O)(=O)N2CCCC(CO)C2)cn1. The van der Waals surface area contributed by atoms with E-state index in [-0.39, 0.29) is 12.5 Å². The molecule has 0 spiro atoms. The lowest BCUT2D eigenvalue weighted by molar-refractivity contribution is 0.166. The number of aliphatic hydroxyl groups excluding tert-OH is 1. The summed E-state index contributed by atoms with van der Waals surface area (Å²) in [5.74, 6) is 0.0291. The van der Waals surface area contributed by atoms with Crippen molar-refractivity contribution in [3.05, 3.63) is 24.0 Å². The highest BCUT2D eigenvalue weighted by Gasteiger charge is 2.28. The molecule has 1 aromatic heterocycles. The number of nitrogens with one attached hydrogen (secondary N) is 1. The number of aliphatic hydroxyl groups is 1. The molecule has 1 saturated heterocycles. The van der Waals surface area contributed by atoms with Crippen molar-refractivity contribution in [2.75, 3.05) is 24.4 Å². The standard InChI is InChI=1S/C12H19N3O3S/c1-10-4-5-12(7-13-10)14-19(17,18)15-6-2-3-11(8-15)9-16/h4-5,7,11,14,16H,2-3,6,8-9H2,1H3. The van der Waals surface area contributed by atoms with Gasteiger partial charge in [-0.25, -0.2) is 0 Å². The summed E-state index contributed by atoms with van der Waals surface area (Å²) in [6, 6.07) is 3.44. The number of pyridine rings is 1. The number of hydrogen-bond donors (Lipinski definition) is 2. The first-order valence-electron chi connectivity index (χ1n) is 6.32. The van der Waals surface area contributed by atoms with Gasteiger partial charge in [-0.3, -0.25) is 9.71 Å². The Hall–Kier alpha value is -1.18. The van der Waals surface area contributed by atoms with Crippen molar-refractivity contribution >= 4 is 15.9 Å². The first-order valence-corrected chi connectivity index (χ1v) is 7.76. The molecule has 0 bridgehead atoms. The lowest BCUT2D eigenvalue weighted by Crippen LogP contribution is -2.43. The van der Waals surface area contributed by atoms with Gasteiger partial charge in [0, 0.05) is 25.4 Å². The Kier molecular flexibility index (Phi) is 4.38. The summed E-state index contributed by atoms with van der Waals surface area (Å²) in [4.78, 5) is 4.05. The van der Waals surface area contributed by atoms with E-state index in [0.717, 1.165) is 18.5 Å². The van der Waals surface area contributed by atoms with Crippen LogP contribution in [0.4, 0.5) is 5.69 Å². The van der Waals surface area contributed by atoms with Gasteiger partial charge in [0.05, 0.1) is 11.9 Å². The van der Waals surface area contributed by atoms with Crippen LogP contribution in [0.1, 0.15) is 18.5 Å². The van der Waals surface area contributed by atoms with Crippen LogP contribution in [0.3, 0.4) is 0 Å².